The van der Waals surface area contributed by atoms with Crippen molar-refractivity contribution in [3.63, 3.8) is 0 Å². The largest absolute Gasteiger partial charge is 0.453 e. The summed E-state index contributed by atoms with van der Waals surface area (Å²) in [4.78, 5) is 13.9. The third kappa shape index (κ3) is 3.89. The van der Waals surface area contributed by atoms with Gasteiger partial charge in [-0.05, 0) is 25.0 Å². The van der Waals surface area contributed by atoms with Crippen LogP contribution < -0.4 is 0 Å². The lowest BCUT2D eigenvalue weighted by molar-refractivity contribution is 0.0706. The Balaban J connectivity index is 2.71. The van der Waals surface area contributed by atoms with Crippen molar-refractivity contribution >= 4 is 5.91 Å². The number of furan rings is 1. The van der Waals surface area contributed by atoms with Crippen molar-refractivity contribution < 1.29 is 13.9 Å². The van der Waals surface area contributed by atoms with E-state index >= 15 is 0 Å². The van der Waals surface area contributed by atoms with E-state index in [1.165, 1.54) is 0 Å². The number of carbonyl (C=O) groups excluding carboxylic acids is 1. The van der Waals surface area contributed by atoms with E-state index in [9.17, 15) is 4.79 Å². The molecule has 0 aliphatic rings. The van der Waals surface area contributed by atoms with Crippen LogP contribution in [0.3, 0.4) is 0 Å². The fraction of sp³-hybridized carbons (Fsp3) is 0.615. The van der Waals surface area contributed by atoms with Crippen LogP contribution in [0, 0.1) is 5.92 Å². The zero-order valence-electron chi connectivity index (χ0n) is 11.0. The summed E-state index contributed by atoms with van der Waals surface area (Å²) in [5.74, 6) is 1.46. The van der Waals surface area contributed by atoms with E-state index in [1.54, 1.807) is 24.1 Å². The van der Waals surface area contributed by atoms with Gasteiger partial charge in [-0.1, -0.05) is 13.8 Å². The molecule has 0 N–H and O–H groups in total. The van der Waals surface area contributed by atoms with E-state index in [0.717, 1.165) is 6.54 Å². The van der Waals surface area contributed by atoms with Gasteiger partial charge in [-0.3, -0.25) is 4.79 Å². The molecule has 0 aliphatic carbocycles. The quantitative estimate of drug-likeness (QED) is 0.766. The molecule has 0 atom stereocenters. The lowest BCUT2D eigenvalue weighted by atomic mass is 10.2. The highest BCUT2D eigenvalue weighted by Crippen LogP contribution is 2.12. The Bertz CT molecular complexity index is 357. The standard InChI is InChI=1S/C13H21NO3/c1-5-14(8-10(2)3)13(15)12-7-6-11(17-12)9-16-4/h6-7,10H,5,8-9H2,1-4H3. The minimum Gasteiger partial charge on any atom is -0.453 e. The van der Waals surface area contributed by atoms with E-state index in [0.29, 0.717) is 30.6 Å². The third-order valence-corrected chi connectivity index (χ3v) is 2.41. The SMILES string of the molecule is CCN(CC(C)C)C(=O)c1ccc(COC)o1. The first-order valence-corrected chi connectivity index (χ1v) is 5.95. The molecule has 1 heterocycles. The van der Waals surface area contributed by atoms with Crippen LogP contribution >= 0.6 is 0 Å². The molecule has 0 spiro atoms. The van der Waals surface area contributed by atoms with Crippen LogP contribution in [0.1, 0.15) is 37.1 Å². The van der Waals surface area contributed by atoms with Crippen LogP contribution in [0.15, 0.2) is 16.5 Å². The van der Waals surface area contributed by atoms with Gasteiger partial charge in [-0.15, -0.1) is 0 Å². The predicted molar refractivity (Wildman–Crippen MR) is 65.8 cm³/mol. The van der Waals surface area contributed by atoms with Gasteiger partial charge in [-0.25, -0.2) is 0 Å². The Kier molecular flexibility index (Phi) is 5.22. The molecule has 1 amide bonds. The van der Waals surface area contributed by atoms with E-state index in [-0.39, 0.29) is 5.91 Å². The summed E-state index contributed by atoms with van der Waals surface area (Å²) in [5, 5.41) is 0. The summed E-state index contributed by atoms with van der Waals surface area (Å²) in [6, 6.07) is 3.49. The molecule has 0 radical (unpaired) electrons. The van der Waals surface area contributed by atoms with Gasteiger partial charge in [0, 0.05) is 20.2 Å². The highest BCUT2D eigenvalue weighted by molar-refractivity contribution is 5.91. The van der Waals surface area contributed by atoms with Crippen LogP contribution in [-0.2, 0) is 11.3 Å². The average Bonchev–Trinajstić information content (AvgIpc) is 2.74. The first-order valence-electron chi connectivity index (χ1n) is 5.95. The molecule has 0 unspecified atom stereocenters. The highest BCUT2D eigenvalue weighted by Gasteiger charge is 2.18. The second-order valence-electron chi connectivity index (χ2n) is 4.44. The van der Waals surface area contributed by atoms with Crippen molar-refractivity contribution in [2.24, 2.45) is 5.92 Å². The number of hydrogen-bond donors (Lipinski definition) is 0. The summed E-state index contributed by atoms with van der Waals surface area (Å²) in [7, 11) is 1.60. The van der Waals surface area contributed by atoms with Gasteiger partial charge in [0.2, 0.25) is 0 Å². The Hall–Kier alpha value is -1.29. The Morgan fingerprint density at radius 2 is 2.18 bits per heavy atom. The smallest absolute Gasteiger partial charge is 0.289 e. The maximum Gasteiger partial charge on any atom is 0.289 e. The molecular formula is C13H21NO3. The number of hydrogen-bond acceptors (Lipinski definition) is 3. The van der Waals surface area contributed by atoms with Crippen molar-refractivity contribution in [2.45, 2.75) is 27.4 Å². The second kappa shape index (κ2) is 6.45. The number of amides is 1. The number of carbonyl (C=O) groups is 1. The molecule has 17 heavy (non-hydrogen) atoms. The Morgan fingerprint density at radius 1 is 1.47 bits per heavy atom. The van der Waals surface area contributed by atoms with Gasteiger partial charge in [0.15, 0.2) is 5.76 Å². The molecule has 0 aliphatic heterocycles. The number of methoxy groups -OCH3 is 1. The Morgan fingerprint density at radius 3 is 2.71 bits per heavy atom. The van der Waals surface area contributed by atoms with Crippen LogP contribution in [0.2, 0.25) is 0 Å². The first-order chi connectivity index (χ1) is 8.08. The zero-order valence-corrected chi connectivity index (χ0v) is 11.0. The summed E-state index contributed by atoms with van der Waals surface area (Å²) in [5.41, 5.74) is 0. The maximum atomic E-state index is 12.1. The third-order valence-electron chi connectivity index (χ3n) is 2.41. The minimum atomic E-state index is -0.0523. The van der Waals surface area contributed by atoms with Gasteiger partial charge in [-0.2, -0.15) is 0 Å². The fourth-order valence-electron chi connectivity index (χ4n) is 1.66. The number of rotatable bonds is 6. The van der Waals surface area contributed by atoms with Crippen molar-refractivity contribution in [1.82, 2.24) is 4.90 Å². The predicted octanol–water partition coefficient (Wildman–Crippen LogP) is 2.54. The zero-order chi connectivity index (χ0) is 12.8. The molecule has 0 fully saturated rings. The first kappa shape index (κ1) is 13.8. The second-order valence-corrected chi connectivity index (χ2v) is 4.44. The molecular weight excluding hydrogens is 218 g/mol. The topological polar surface area (TPSA) is 42.7 Å². The van der Waals surface area contributed by atoms with Crippen LogP contribution in [0.4, 0.5) is 0 Å². The molecule has 1 rings (SSSR count). The summed E-state index contributed by atoms with van der Waals surface area (Å²) in [6.07, 6.45) is 0. The molecule has 96 valence electrons. The van der Waals surface area contributed by atoms with Gasteiger partial charge < -0.3 is 14.1 Å². The van der Waals surface area contributed by atoms with Gasteiger partial charge in [0.05, 0.1) is 0 Å². The van der Waals surface area contributed by atoms with E-state index in [1.807, 2.05) is 6.92 Å². The molecule has 0 saturated carbocycles. The van der Waals surface area contributed by atoms with E-state index < -0.39 is 0 Å². The van der Waals surface area contributed by atoms with Gasteiger partial charge in [0.25, 0.3) is 5.91 Å². The van der Waals surface area contributed by atoms with Gasteiger partial charge in [0.1, 0.15) is 12.4 Å². The van der Waals surface area contributed by atoms with Gasteiger partial charge >= 0.3 is 0 Å². The number of ether oxygens (including phenoxy) is 1. The molecule has 0 bridgehead atoms. The van der Waals surface area contributed by atoms with Crippen molar-refractivity contribution in [3.05, 3.63) is 23.7 Å². The molecule has 1 aromatic heterocycles. The molecule has 0 saturated heterocycles. The molecule has 4 nitrogen and oxygen atoms in total. The van der Waals surface area contributed by atoms with Crippen molar-refractivity contribution in [2.75, 3.05) is 20.2 Å². The molecule has 0 aromatic carbocycles. The summed E-state index contributed by atoms with van der Waals surface area (Å²) in [6.45, 7) is 7.98. The lowest BCUT2D eigenvalue weighted by Gasteiger charge is -2.21. The van der Waals surface area contributed by atoms with E-state index in [4.69, 9.17) is 9.15 Å². The lowest BCUT2D eigenvalue weighted by Crippen LogP contribution is -2.33. The van der Waals surface area contributed by atoms with Crippen molar-refractivity contribution in [1.29, 1.82) is 0 Å². The molecule has 4 heteroatoms. The average molecular weight is 239 g/mol. The molecule has 1 aromatic rings. The van der Waals surface area contributed by atoms with Crippen molar-refractivity contribution in [3.8, 4) is 0 Å². The van der Waals surface area contributed by atoms with E-state index in [2.05, 4.69) is 13.8 Å². The minimum absolute atomic E-state index is 0.0523. The monoisotopic (exact) mass is 239 g/mol. The van der Waals surface area contributed by atoms with Crippen LogP contribution in [0.25, 0.3) is 0 Å². The normalized spacial score (nSPS) is 10.9. The highest BCUT2D eigenvalue weighted by atomic mass is 16.5. The Labute approximate surface area is 103 Å². The fourth-order valence-corrected chi connectivity index (χ4v) is 1.66. The van der Waals surface area contributed by atoms with Crippen LogP contribution in [-0.4, -0.2) is 31.0 Å². The summed E-state index contributed by atoms with van der Waals surface area (Å²) < 4.78 is 10.4. The maximum absolute atomic E-state index is 12.1. The summed E-state index contributed by atoms with van der Waals surface area (Å²) >= 11 is 0. The number of nitrogens with zero attached hydrogens (tertiary/aromatic N) is 1. The van der Waals surface area contributed by atoms with Crippen LogP contribution in [0.5, 0.6) is 0 Å².